The molecule has 1 fully saturated rings. The fourth-order valence-corrected chi connectivity index (χ4v) is 4.09. The molecule has 0 aliphatic carbocycles. The van der Waals surface area contributed by atoms with Crippen molar-refractivity contribution in [2.45, 2.75) is 25.8 Å². The Morgan fingerprint density at radius 1 is 1.03 bits per heavy atom. The van der Waals surface area contributed by atoms with Crippen molar-refractivity contribution in [2.75, 3.05) is 27.9 Å². The summed E-state index contributed by atoms with van der Waals surface area (Å²) < 4.78 is 22.1. The van der Waals surface area contributed by atoms with Crippen molar-refractivity contribution in [3.63, 3.8) is 0 Å². The fourth-order valence-electron chi connectivity index (χ4n) is 4.09. The van der Waals surface area contributed by atoms with Crippen LogP contribution in [0.4, 0.5) is 0 Å². The number of hydrogen-bond donors (Lipinski definition) is 0. The first-order valence-corrected chi connectivity index (χ1v) is 9.67. The van der Waals surface area contributed by atoms with Gasteiger partial charge in [-0.05, 0) is 50.1 Å². The summed E-state index contributed by atoms with van der Waals surface area (Å²) in [7, 11) is 4.88. The van der Waals surface area contributed by atoms with Gasteiger partial charge in [-0.3, -0.25) is 4.79 Å². The Balaban J connectivity index is 1.70. The van der Waals surface area contributed by atoms with Crippen LogP contribution in [0.2, 0.25) is 0 Å². The highest BCUT2D eigenvalue weighted by molar-refractivity contribution is 5.99. The van der Waals surface area contributed by atoms with Crippen LogP contribution in [0, 0.1) is 6.92 Å². The third-order valence-corrected chi connectivity index (χ3v) is 5.65. The number of furan rings is 1. The minimum Gasteiger partial charge on any atom is -0.497 e. The Morgan fingerprint density at radius 2 is 1.76 bits per heavy atom. The Bertz CT molecular complexity index is 1050. The van der Waals surface area contributed by atoms with Crippen molar-refractivity contribution in [2.24, 2.45) is 0 Å². The summed E-state index contributed by atoms with van der Waals surface area (Å²) in [6.45, 7) is 2.59. The van der Waals surface area contributed by atoms with Crippen molar-refractivity contribution in [1.29, 1.82) is 0 Å². The average molecular weight is 395 g/mol. The monoisotopic (exact) mass is 395 g/mol. The van der Waals surface area contributed by atoms with Gasteiger partial charge in [0, 0.05) is 29.1 Å². The molecule has 4 rings (SSSR count). The van der Waals surface area contributed by atoms with Gasteiger partial charge in [-0.25, -0.2) is 0 Å². The molecule has 3 aromatic rings. The zero-order chi connectivity index (χ0) is 20.5. The van der Waals surface area contributed by atoms with Crippen LogP contribution < -0.4 is 14.2 Å². The SMILES string of the molecule is COc1ccc([C@@H]2CCCN2C(=O)c2oc3ccc(OC)cc3c2C)c(OC)c1. The van der Waals surface area contributed by atoms with E-state index in [0.717, 1.165) is 46.6 Å². The Hall–Kier alpha value is -3.15. The second-order valence-corrected chi connectivity index (χ2v) is 7.18. The van der Waals surface area contributed by atoms with Gasteiger partial charge in [0.2, 0.25) is 0 Å². The van der Waals surface area contributed by atoms with Gasteiger partial charge < -0.3 is 23.5 Å². The summed E-state index contributed by atoms with van der Waals surface area (Å²) >= 11 is 0. The van der Waals surface area contributed by atoms with E-state index in [2.05, 4.69) is 0 Å². The quantitative estimate of drug-likeness (QED) is 0.624. The first-order valence-electron chi connectivity index (χ1n) is 9.67. The standard InChI is InChI=1S/C23H25NO5/c1-14-18-12-15(26-2)8-10-20(18)29-22(14)23(25)24-11-5-6-19(24)17-9-7-16(27-3)13-21(17)28-4/h7-10,12-13,19H,5-6,11H2,1-4H3/t19-/m0/s1. The zero-order valence-electron chi connectivity index (χ0n) is 17.2. The van der Waals surface area contributed by atoms with Gasteiger partial charge in [0.1, 0.15) is 22.8 Å². The molecule has 152 valence electrons. The minimum atomic E-state index is -0.0990. The molecule has 0 spiro atoms. The number of fused-ring (bicyclic) bond motifs is 1. The van der Waals surface area contributed by atoms with E-state index in [-0.39, 0.29) is 11.9 Å². The van der Waals surface area contributed by atoms with Crippen molar-refractivity contribution in [3.8, 4) is 17.2 Å². The van der Waals surface area contributed by atoms with Crippen LogP contribution in [0.3, 0.4) is 0 Å². The molecule has 29 heavy (non-hydrogen) atoms. The highest BCUT2D eigenvalue weighted by atomic mass is 16.5. The van der Waals surface area contributed by atoms with E-state index in [9.17, 15) is 4.79 Å². The number of likely N-dealkylation sites (tertiary alicyclic amines) is 1. The maximum absolute atomic E-state index is 13.4. The highest BCUT2D eigenvalue weighted by Gasteiger charge is 2.35. The van der Waals surface area contributed by atoms with Crippen molar-refractivity contribution in [3.05, 3.63) is 53.3 Å². The molecule has 1 aliphatic rings. The lowest BCUT2D eigenvalue weighted by atomic mass is 10.0. The van der Waals surface area contributed by atoms with Gasteiger partial charge >= 0.3 is 0 Å². The summed E-state index contributed by atoms with van der Waals surface area (Å²) in [5.74, 6) is 2.47. The van der Waals surface area contributed by atoms with E-state index in [4.69, 9.17) is 18.6 Å². The second kappa shape index (κ2) is 7.70. The number of nitrogens with zero attached hydrogens (tertiary/aromatic N) is 1. The smallest absolute Gasteiger partial charge is 0.290 e. The summed E-state index contributed by atoms with van der Waals surface area (Å²) in [6.07, 6.45) is 1.81. The molecule has 0 radical (unpaired) electrons. The predicted octanol–water partition coefficient (Wildman–Crippen LogP) is 4.74. The normalized spacial score (nSPS) is 16.3. The first-order chi connectivity index (χ1) is 14.1. The molecule has 1 atom stereocenters. The number of hydrogen-bond acceptors (Lipinski definition) is 5. The van der Waals surface area contributed by atoms with Crippen LogP contribution in [-0.4, -0.2) is 38.7 Å². The summed E-state index contributed by atoms with van der Waals surface area (Å²) in [5, 5.41) is 0.894. The average Bonchev–Trinajstić information content (AvgIpc) is 3.37. The van der Waals surface area contributed by atoms with E-state index >= 15 is 0 Å². The fraction of sp³-hybridized carbons (Fsp3) is 0.348. The molecule has 6 nitrogen and oxygen atoms in total. The zero-order valence-corrected chi connectivity index (χ0v) is 17.2. The second-order valence-electron chi connectivity index (χ2n) is 7.18. The maximum atomic E-state index is 13.4. The Morgan fingerprint density at radius 3 is 2.48 bits per heavy atom. The number of rotatable bonds is 5. The van der Waals surface area contributed by atoms with Crippen LogP contribution in [0.15, 0.2) is 40.8 Å². The summed E-state index contributed by atoms with van der Waals surface area (Å²) in [4.78, 5) is 15.3. The maximum Gasteiger partial charge on any atom is 0.290 e. The third-order valence-electron chi connectivity index (χ3n) is 5.65. The molecule has 1 saturated heterocycles. The molecule has 6 heteroatoms. The molecule has 0 saturated carbocycles. The highest BCUT2D eigenvalue weighted by Crippen LogP contribution is 2.40. The molecule has 1 aromatic heterocycles. The third kappa shape index (κ3) is 3.28. The van der Waals surface area contributed by atoms with Crippen LogP contribution in [-0.2, 0) is 0 Å². The number of methoxy groups -OCH3 is 3. The van der Waals surface area contributed by atoms with E-state index in [1.807, 2.05) is 48.2 Å². The lowest BCUT2D eigenvalue weighted by Crippen LogP contribution is -2.30. The van der Waals surface area contributed by atoms with Crippen LogP contribution in [0.25, 0.3) is 11.0 Å². The van der Waals surface area contributed by atoms with Gasteiger partial charge in [-0.15, -0.1) is 0 Å². The predicted molar refractivity (Wildman–Crippen MR) is 110 cm³/mol. The van der Waals surface area contributed by atoms with Gasteiger partial charge in [0.15, 0.2) is 5.76 Å². The number of aryl methyl sites for hydroxylation is 1. The van der Waals surface area contributed by atoms with E-state index in [0.29, 0.717) is 17.9 Å². The van der Waals surface area contributed by atoms with Crippen LogP contribution >= 0.6 is 0 Å². The molecular formula is C23H25NO5. The van der Waals surface area contributed by atoms with Gasteiger partial charge in [-0.2, -0.15) is 0 Å². The summed E-state index contributed by atoms with van der Waals surface area (Å²) in [6, 6.07) is 11.2. The largest absolute Gasteiger partial charge is 0.497 e. The number of carbonyl (C=O) groups is 1. The Labute approximate surface area is 170 Å². The Kier molecular flexibility index (Phi) is 5.09. The van der Waals surface area contributed by atoms with Crippen LogP contribution in [0.5, 0.6) is 17.2 Å². The van der Waals surface area contributed by atoms with E-state index in [1.54, 1.807) is 21.3 Å². The number of carbonyl (C=O) groups excluding carboxylic acids is 1. The van der Waals surface area contributed by atoms with E-state index < -0.39 is 0 Å². The molecule has 1 amide bonds. The first kappa shape index (κ1) is 19.2. The molecule has 2 aromatic carbocycles. The van der Waals surface area contributed by atoms with Crippen LogP contribution in [0.1, 0.15) is 40.6 Å². The van der Waals surface area contributed by atoms with Crippen molar-refractivity contribution in [1.82, 2.24) is 4.90 Å². The molecular weight excluding hydrogens is 370 g/mol. The molecule has 0 N–H and O–H groups in total. The van der Waals surface area contributed by atoms with E-state index in [1.165, 1.54) is 0 Å². The number of ether oxygens (including phenoxy) is 3. The van der Waals surface area contributed by atoms with Crippen molar-refractivity contribution < 1.29 is 23.4 Å². The lowest BCUT2D eigenvalue weighted by Gasteiger charge is -2.26. The summed E-state index contributed by atoms with van der Waals surface area (Å²) in [5.41, 5.74) is 2.50. The van der Waals surface area contributed by atoms with Gasteiger partial charge in [-0.1, -0.05) is 0 Å². The number of amides is 1. The lowest BCUT2D eigenvalue weighted by molar-refractivity contribution is 0.0703. The van der Waals surface area contributed by atoms with Gasteiger partial charge in [0.05, 0.1) is 27.4 Å². The molecule has 2 heterocycles. The topological polar surface area (TPSA) is 61.1 Å². The molecule has 0 bridgehead atoms. The molecule has 0 unspecified atom stereocenters. The molecule has 1 aliphatic heterocycles. The van der Waals surface area contributed by atoms with Gasteiger partial charge in [0.25, 0.3) is 5.91 Å². The van der Waals surface area contributed by atoms with Crippen molar-refractivity contribution >= 4 is 16.9 Å². The minimum absolute atomic E-state index is 0.0643. The number of benzene rings is 2.